The van der Waals surface area contributed by atoms with Crippen molar-refractivity contribution in [3.8, 4) is 0 Å². The highest BCUT2D eigenvalue weighted by atomic mass is 16.5. The molecule has 0 aromatic carbocycles. The van der Waals surface area contributed by atoms with Crippen molar-refractivity contribution in [2.24, 2.45) is 11.8 Å². The van der Waals surface area contributed by atoms with Gasteiger partial charge in [-0.15, -0.1) is 0 Å². The van der Waals surface area contributed by atoms with Gasteiger partial charge in [-0.1, -0.05) is 26.7 Å². The molecule has 1 rings (SSSR count). The van der Waals surface area contributed by atoms with Gasteiger partial charge >= 0.3 is 0 Å². The first-order valence-corrected chi connectivity index (χ1v) is 7.00. The van der Waals surface area contributed by atoms with E-state index in [0.717, 1.165) is 31.5 Å². The lowest BCUT2D eigenvalue weighted by Crippen LogP contribution is -2.22. The van der Waals surface area contributed by atoms with Crippen LogP contribution in [0.3, 0.4) is 0 Å². The van der Waals surface area contributed by atoms with Gasteiger partial charge in [-0.25, -0.2) is 0 Å². The zero-order valence-corrected chi connectivity index (χ0v) is 11.3. The number of hydrogen-bond donors (Lipinski definition) is 1. The van der Waals surface area contributed by atoms with Crippen LogP contribution < -0.4 is 5.32 Å². The van der Waals surface area contributed by atoms with Gasteiger partial charge in [0.25, 0.3) is 0 Å². The quantitative estimate of drug-likeness (QED) is 0.579. The van der Waals surface area contributed by atoms with E-state index in [1.807, 2.05) is 0 Å². The summed E-state index contributed by atoms with van der Waals surface area (Å²) in [5.41, 5.74) is 0. The van der Waals surface area contributed by atoms with Crippen LogP contribution in [0, 0.1) is 11.8 Å². The van der Waals surface area contributed by atoms with Crippen molar-refractivity contribution >= 4 is 0 Å². The first-order chi connectivity index (χ1) is 7.68. The smallest absolute Gasteiger partial charge is 0.0547 e. The molecule has 0 bridgehead atoms. The van der Waals surface area contributed by atoms with Gasteiger partial charge in [0.2, 0.25) is 0 Å². The summed E-state index contributed by atoms with van der Waals surface area (Å²) in [5, 5.41) is 3.47. The predicted octanol–water partition coefficient (Wildman–Crippen LogP) is 3.22. The molecule has 0 aliphatic heterocycles. The Labute approximate surface area is 101 Å². The summed E-state index contributed by atoms with van der Waals surface area (Å²) < 4.78 is 5.79. The Bertz CT molecular complexity index is 166. The lowest BCUT2D eigenvalue weighted by Gasteiger charge is -2.13. The van der Waals surface area contributed by atoms with E-state index in [2.05, 4.69) is 26.1 Å². The second-order valence-corrected chi connectivity index (χ2v) is 5.65. The molecule has 1 atom stereocenters. The predicted molar refractivity (Wildman–Crippen MR) is 69.7 cm³/mol. The fraction of sp³-hybridized carbons (Fsp3) is 1.00. The average Bonchev–Trinajstić information content (AvgIpc) is 3.00. The van der Waals surface area contributed by atoms with Crippen LogP contribution in [0.4, 0.5) is 0 Å². The van der Waals surface area contributed by atoms with E-state index in [4.69, 9.17) is 4.74 Å². The summed E-state index contributed by atoms with van der Waals surface area (Å²) in [4.78, 5) is 0. The van der Waals surface area contributed by atoms with Crippen LogP contribution in [0.15, 0.2) is 0 Å². The van der Waals surface area contributed by atoms with E-state index in [0.29, 0.717) is 6.10 Å². The van der Waals surface area contributed by atoms with E-state index in [1.165, 1.54) is 32.1 Å². The molecule has 1 aliphatic rings. The third-order valence-electron chi connectivity index (χ3n) is 3.14. The molecule has 1 unspecified atom stereocenters. The topological polar surface area (TPSA) is 21.3 Å². The lowest BCUT2D eigenvalue weighted by atomic mass is 10.2. The molecule has 0 spiro atoms. The number of nitrogens with one attached hydrogen (secondary N) is 1. The maximum absolute atomic E-state index is 5.79. The Kier molecular flexibility index (Phi) is 7.06. The van der Waals surface area contributed by atoms with E-state index in [-0.39, 0.29) is 0 Å². The minimum absolute atomic E-state index is 0.444. The first-order valence-electron chi connectivity index (χ1n) is 7.00. The molecule has 0 amide bonds. The Hall–Kier alpha value is -0.0800. The molecule has 2 nitrogen and oxygen atoms in total. The van der Waals surface area contributed by atoms with Crippen LogP contribution in [0.1, 0.15) is 52.9 Å². The maximum Gasteiger partial charge on any atom is 0.0547 e. The third kappa shape index (κ3) is 8.12. The number of rotatable bonds is 10. The Morgan fingerprint density at radius 2 is 2.00 bits per heavy atom. The van der Waals surface area contributed by atoms with Crippen molar-refractivity contribution in [1.82, 2.24) is 5.32 Å². The lowest BCUT2D eigenvalue weighted by molar-refractivity contribution is 0.0550. The molecule has 16 heavy (non-hydrogen) atoms. The standard InChI is InChI=1S/C14H29NO/c1-12(2)11-15-9-4-5-13(3)16-10-8-14-6-7-14/h12-15H,4-11H2,1-3H3. The second kappa shape index (κ2) is 8.08. The van der Waals surface area contributed by atoms with Gasteiger partial charge in [0.1, 0.15) is 0 Å². The van der Waals surface area contributed by atoms with Gasteiger partial charge in [0.05, 0.1) is 6.10 Å². The molecular formula is C14H29NO. The summed E-state index contributed by atoms with van der Waals surface area (Å²) in [6.07, 6.45) is 7.04. The van der Waals surface area contributed by atoms with Crippen LogP contribution >= 0.6 is 0 Å². The largest absolute Gasteiger partial charge is 0.378 e. The van der Waals surface area contributed by atoms with Crippen molar-refractivity contribution in [3.05, 3.63) is 0 Å². The zero-order valence-electron chi connectivity index (χ0n) is 11.3. The highest BCUT2D eigenvalue weighted by molar-refractivity contribution is 4.72. The monoisotopic (exact) mass is 227 g/mol. The normalized spacial score (nSPS) is 18.0. The van der Waals surface area contributed by atoms with E-state index >= 15 is 0 Å². The van der Waals surface area contributed by atoms with Crippen molar-refractivity contribution in [3.63, 3.8) is 0 Å². The van der Waals surface area contributed by atoms with E-state index in [1.54, 1.807) is 0 Å². The van der Waals surface area contributed by atoms with Gasteiger partial charge in [0.15, 0.2) is 0 Å². The Morgan fingerprint density at radius 3 is 2.62 bits per heavy atom. The minimum Gasteiger partial charge on any atom is -0.378 e. The SMILES string of the molecule is CC(C)CNCCCC(C)OCCC1CC1. The molecule has 1 saturated carbocycles. The van der Waals surface area contributed by atoms with Crippen molar-refractivity contribution in [2.45, 2.75) is 59.0 Å². The average molecular weight is 227 g/mol. The van der Waals surface area contributed by atoms with Gasteiger partial charge in [-0.2, -0.15) is 0 Å². The summed E-state index contributed by atoms with van der Waals surface area (Å²) in [6.45, 7) is 9.94. The molecule has 1 aliphatic carbocycles. The Morgan fingerprint density at radius 1 is 1.25 bits per heavy atom. The van der Waals surface area contributed by atoms with Crippen LogP contribution in [-0.2, 0) is 4.74 Å². The fourth-order valence-electron chi connectivity index (χ4n) is 1.83. The summed E-state index contributed by atoms with van der Waals surface area (Å²) in [6, 6.07) is 0. The molecule has 2 heteroatoms. The molecule has 0 aromatic heterocycles. The van der Waals surface area contributed by atoms with Crippen molar-refractivity contribution in [2.75, 3.05) is 19.7 Å². The molecular weight excluding hydrogens is 198 g/mol. The van der Waals surface area contributed by atoms with E-state index < -0.39 is 0 Å². The highest BCUT2D eigenvalue weighted by Crippen LogP contribution is 2.32. The van der Waals surface area contributed by atoms with Crippen molar-refractivity contribution in [1.29, 1.82) is 0 Å². The third-order valence-corrected chi connectivity index (χ3v) is 3.14. The van der Waals surface area contributed by atoms with Crippen LogP contribution in [0.5, 0.6) is 0 Å². The zero-order chi connectivity index (χ0) is 11.8. The molecule has 0 heterocycles. The number of hydrogen-bond acceptors (Lipinski definition) is 2. The molecule has 0 radical (unpaired) electrons. The Balaban J connectivity index is 1.79. The van der Waals surface area contributed by atoms with E-state index in [9.17, 15) is 0 Å². The summed E-state index contributed by atoms with van der Waals surface area (Å²) in [7, 11) is 0. The van der Waals surface area contributed by atoms with Crippen LogP contribution in [-0.4, -0.2) is 25.8 Å². The molecule has 96 valence electrons. The molecule has 0 aromatic rings. The van der Waals surface area contributed by atoms with Crippen LogP contribution in [0.25, 0.3) is 0 Å². The van der Waals surface area contributed by atoms with Crippen molar-refractivity contribution < 1.29 is 4.74 Å². The second-order valence-electron chi connectivity index (χ2n) is 5.65. The van der Waals surface area contributed by atoms with Gasteiger partial charge in [-0.05, 0) is 51.1 Å². The van der Waals surface area contributed by atoms with Gasteiger partial charge < -0.3 is 10.1 Å². The summed E-state index contributed by atoms with van der Waals surface area (Å²) in [5.74, 6) is 1.76. The molecule has 0 saturated heterocycles. The number of ether oxygens (including phenoxy) is 1. The van der Waals surface area contributed by atoms with Gasteiger partial charge in [0, 0.05) is 6.61 Å². The first kappa shape index (κ1) is 14.0. The molecule has 1 fully saturated rings. The minimum atomic E-state index is 0.444. The van der Waals surface area contributed by atoms with Gasteiger partial charge in [-0.3, -0.25) is 0 Å². The summed E-state index contributed by atoms with van der Waals surface area (Å²) >= 11 is 0. The maximum atomic E-state index is 5.79. The van der Waals surface area contributed by atoms with Crippen LogP contribution in [0.2, 0.25) is 0 Å². The highest BCUT2D eigenvalue weighted by Gasteiger charge is 2.20. The molecule has 1 N–H and O–H groups in total. The fourth-order valence-corrected chi connectivity index (χ4v) is 1.83.